The first-order chi connectivity index (χ1) is 21.3. The molecule has 45 heavy (non-hydrogen) atoms. The van der Waals surface area contributed by atoms with Crippen molar-refractivity contribution in [2.24, 2.45) is 0 Å². The number of thiol groups is 1. The van der Waals surface area contributed by atoms with E-state index in [1.807, 2.05) is 0 Å². The number of nitrogen functional groups attached to an aromatic ring is 2. The molecule has 2 saturated heterocycles. The Balaban J connectivity index is 1.20. The van der Waals surface area contributed by atoms with Gasteiger partial charge < -0.3 is 30.7 Å². The fraction of sp³-hybridized carbons (Fsp3) is 0.526. The molecule has 0 aliphatic carbocycles. The van der Waals surface area contributed by atoms with Gasteiger partial charge in [0.1, 0.15) is 60.6 Å². The molecule has 4 aromatic rings. The van der Waals surface area contributed by atoms with E-state index in [-0.39, 0.29) is 40.7 Å². The number of aromatic nitrogens is 9. The monoisotopic (exact) mass is 728 g/mol. The lowest BCUT2D eigenvalue weighted by Crippen LogP contribution is -2.33. The molecule has 6 heterocycles. The van der Waals surface area contributed by atoms with Crippen LogP contribution in [0.5, 0.6) is 0 Å². The maximum absolute atomic E-state index is 15.8. The fourth-order valence-corrected chi connectivity index (χ4v) is 8.29. The van der Waals surface area contributed by atoms with Crippen LogP contribution in [0, 0.1) is 0 Å². The van der Waals surface area contributed by atoms with Crippen molar-refractivity contribution >= 4 is 83.9 Å². The number of rotatable bonds is 10. The highest BCUT2D eigenvalue weighted by molar-refractivity contribution is 8.39. The van der Waals surface area contributed by atoms with E-state index < -0.39 is 73.6 Å². The van der Waals surface area contributed by atoms with Gasteiger partial charge >= 0.3 is 13.9 Å². The van der Waals surface area contributed by atoms with Crippen molar-refractivity contribution < 1.29 is 41.7 Å². The highest BCUT2D eigenvalue weighted by Gasteiger charge is 2.52. The second kappa shape index (κ2) is 12.6. The summed E-state index contributed by atoms with van der Waals surface area (Å²) in [6, 6.07) is 0. The van der Waals surface area contributed by atoms with Gasteiger partial charge in [-0.25, -0.2) is 28.4 Å². The first-order valence-electron chi connectivity index (χ1n) is 12.6. The van der Waals surface area contributed by atoms with Gasteiger partial charge in [0, 0.05) is 0 Å². The zero-order valence-electron chi connectivity index (χ0n) is 22.2. The molecule has 0 aromatic carbocycles. The quantitative estimate of drug-likeness (QED) is 0.0946. The molecule has 7 N–H and O–H groups in total. The normalized spacial score (nSPS) is 30.3. The number of H-pyrrole nitrogens is 1. The number of alkyl halides is 2. The number of nitrogens with zero attached hydrogens (tertiary/aromatic N) is 8. The zero-order valence-corrected chi connectivity index (χ0v) is 26.5. The molecule has 0 bridgehead atoms. The van der Waals surface area contributed by atoms with Crippen LogP contribution in [0.25, 0.3) is 22.3 Å². The van der Waals surface area contributed by atoms with Gasteiger partial charge in [-0.2, -0.15) is 4.98 Å². The third kappa shape index (κ3) is 6.29. The second-order valence-corrected chi connectivity index (χ2v) is 15.5. The van der Waals surface area contributed by atoms with Crippen LogP contribution in [0.1, 0.15) is 11.6 Å². The van der Waals surface area contributed by atoms with Crippen molar-refractivity contribution in [1.82, 2.24) is 44.5 Å². The smallest absolute Gasteiger partial charge is 0.387 e. The van der Waals surface area contributed by atoms with Crippen molar-refractivity contribution in [3.8, 4) is 0 Å². The number of hydrogen-bond acceptors (Lipinski definition) is 17. The second-order valence-electron chi connectivity index (χ2n) is 9.62. The van der Waals surface area contributed by atoms with Crippen LogP contribution in [-0.2, 0) is 34.7 Å². The zero-order chi connectivity index (χ0) is 32.2. The summed E-state index contributed by atoms with van der Waals surface area (Å²) < 4.78 is 66.3. The SMILES string of the molecule is Nc1nc2c(nnn2[C@@H]2S[C@H](CO[P+](=O)S)[C@@H](F)[C@H]2OP(O)(=S)OC[C@H]2O[C@@H](n3cnc4c(N)ncnc43)[C@@H](F)[C@@H]2O)c(=O)[nH]1. The summed E-state index contributed by atoms with van der Waals surface area (Å²) in [4.78, 5) is 41.4. The van der Waals surface area contributed by atoms with E-state index >= 15 is 8.78 Å². The third-order valence-electron chi connectivity index (χ3n) is 6.82. The molecule has 6 rings (SSSR count). The molecule has 2 aliphatic heterocycles. The van der Waals surface area contributed by atoms with Gasteiger partial charge in [0.25, 0.3) is 5.56 Å². The molecule has 0 saturated carbocycles. The molecule has 242 valence electrons. The molecule has 0 spiro atoms. The molecule has 19 nitrogen and oxygen atoms in total. The van der Waals surface area contributed by atoms with Gasteiger partial charge in [-0.05, 0) is 16.4 Å². The summed E-state index contributed by atoms with van der Waals surface area (Å²) in [6.45, 7) is -5.42. The standard InChI is InChI=1S/C19H21F2N11O8P2S3/c20-7-6(2-37-41(35)43)45-18(32-15-10(29-30-32)16(34)28-19(23)27-15)12(7)40-42(36,44)38-1-5-11(33)8(21)17(39-5)31-4-26-9-13(22)24-3-25-14(9)31/h3-8,11-12,17-18,33H,1-2H2,(H6-,22,23,24,25,27,28,30,34,35,36,43,44)/p+1/t5-,6-,7-,8+,11-,12-,17-,18-,42?/m1/s1. The summed E-state index contributed by atoms with van der Waals surface area (Å²) in [5, 5.41) is 16.0. The largest absolute Gasteiger partial charge is 0.582 e. The van der Waals surface area contributed by atoms with Crippen LogP contribution in [-0.4, -0.2) is 104 Å². The number of anilines is 2. The molecule has 26 heteroatoms. The maximum atomic E-state index is 15.8. The van der Waals surface area contributed by atoms with Crippen LogP contribution in [0.15, 0.2) is 17.4 Å². The number of hydrogen-bond donors (Lipinski definition) is 6. The molecular formula is C19H22F2N11O8P2S3+. The Bertz CT molecular complexity index is 1870. The maximum Gasteiger partial charge on any atom is 0.582 e. The van der Waals surface area contributed by atoms with Gasteiger partial charge in [-0.1, -0.05) is 5.21 Å². The Kier molecular flexibility index (Phi) is 9.08. The number of halogens is 2. The third-order valence-corrected chi connectivity index (χ3v) is 10.6. The van der Waals surface area contributed by atoms with Gasteiger partial charge in [0.2, 0.25) is 5.95 Å². The first-order valence-corrected chi connectivity index (χ1v) is 18.5. The molecule has 2 aliphatic rings. The minimum atomic E-state index is -4.36. The van der Waals surface area contributed by atoms with Crippen molar-refractivity contribution in [3.63, 3.8) is 0 Å². The van der Waals surface area contributed by atoms with E-state index in [1.165, 1.54) is 10.9 Å². The number of nitrogens with two attached hydrogens (primary N) is 2. The topological polar surface area (TPSA) is 267 Å². The number of imidazole rings is 1. The van der Waals surface area contributed by atoms with E-state index in [0.29, 0.717) is 0 Å². The molecule has 0 amide bonds. The van der Waals surface area contributed by atoms with Gasteiger partial charge in [0.15, 0.2) is 35.0 Å². The van der Waals surface area contributed by atoms with Gasteiger partial charge in [-0.15, -0.1) is 21.4 Å². The summed E-state index contributed by atoms with van der Waals surface area (Å²) in [5.74, 6) is -0.214. The lowest BCUT2D eigenvalue weighted by molar-refractivity contribution is -0.0461. The summed E-state index contributed by atoms with van der Waals surface area (Å²) in [6.07, 6.45) is -7.67. The predicted octanol–water partition coefficient (Wildman–Crippen LogP) is 0.290. The summed E-state index contributed by atoms with van der Waals surface area (Å²) in [5.41, 5.74) is 10.8. The van der Waals surface area contributed by atoms with E-state index in [4.69, 9.17) is 41.6 Å². The number of ether oxygens (including phenoxy) is 1. The molecule has 4 aromatic heterocycles. The number of nitrogens with one attached hydrogen (secondary N) is 1. The molecule has 10 atom stereocenters. The van der Waals surface area contributed by atoms with Gasteiger partial charge in [0.05, 0.1) is 18.2 Å². The highest BCUT2D eigenvalue weighted by atomic mass is 32.7. The Morgan fingerprint density at radius 2 is 2.00 bits per heavy atom. The van der Waals surface area contributed by atoms with Crippen LogP contribution < -0.4 is 17.0 Å². The van der Waals surface area contributed by atoms with E-state index in [2.05, 4.69) is 47.5 Å². The van der Waals surface area contributed by atoms with E-state index in [1.54, 1.807) is 0 Å². The fourth-order valence-electron chi connectivity index (χ4n) is 4.78. The Morgan fingerprint density at radius 1 is 1.22 bits per heavy atom. The average molecular weight is 729 g/mol. The highest BCUT2D eigenvalue weighted by Crippen LogP contribution is 2.55. The first kappa shape index (κ1) is 32.4. The molecule has 2 fully saturated rings. The predicted molar refractivity (Wildman–Crippen MR) is 160 cm³/mol. The average Bonchev–Trinajstić information content (AvgIpc) is 3.73. The van der Waals surface area contributed by atoms with Crippen LogP contribution >= 0.6 is 38.0 Å². The minimum Gasteiger partial charge on any atom is -0.387 e. The van der Waals surface area contributed by atoms with Crippen LogP contribution in [0.3, 0.4) is 0 Å². The number of aromatic amines is 1. The number of aliphatic hydroxyl groups is 1. The number of thioether (sulfide) groups is 1. The number of aliphatic hydroxyl groups excluding tert-OH is 1. The van der Waals surface area contributed by atoms with E-state index in [9.17, 15) is 19.4 Å². The molecule has 0 radical (unpaired) electrons. The van der Waals surface area contributed by atoms with Crippen LogP contribution in [0.2, 0.25) is 0 Å². The Hall–Kier alpha value is -2.50. The Labute approximate surface area is 264 Å². The Morgan fingerprint density at radius 3 is 2.76 bits per heavy atom. The molecular weight excluding hydrogens is 706 g/mol. The number of fused-ring (bicyclic) bond motifs is 2. The summed E-state index contributed by atoms with van der Waals surface area (Å²) in [7, 11) is -2.38. The molecule has 2 unspecified atom stereocenters. The minimum absolute atomic E-state index is 0.0541. The lowest BCUT2D eigenvalue weighted by Gasteiger charge is -2.26. The van der Waals surface area contributed by atoms with Gasteiger partial charge in [-0.3, -0.25) is 18.9 Å². The van der Waals surface area contributed by atoms with Crippen molar-refractivity contribution in [1.29, 1.82) is 0 Å². The van der Waals surface area contributed by atoms with Crippen molar-refractivity contribution in [3.05, 3.63) is 23.0 Å². The van der Waals surface area contributed by atoms with E-state index in [0.717, 1.165) is 22.8 Å². The van der Waals surface area contributed by atoms with Crippen molar-refractivity contribution in [2.45, 2.75) is 47.5 Å². The van der Waals surface area contributed by atoms with Crippen molar-refractivity contribution in [2.75, 3.05) is 24.7 Å². The van der Waals surface area contributed by atoms with Crippen LogP contribution in [0.4, 0.5) is 20.5 Å². The summed E-state index contributed by atoms with van der Waals surface area (Å²) >= 11 is 9.68. The lowest BCUT2D eigenvalue weighted by atomic mass is 10.1.